The molecule has 1 rings (SSSR count). The molecule has 3 amide bonds. The first kappa shape index (κ1) is 13.9. The molecule has 0 fully saturated rings. The number of hydrogen-bond donors (Lipinski definition) is 1. The van der Waals surface area contributed by atoms with E-state index in [1.807, 2.05) is 0 Å². The number of carbonyl (C=O) groups is 3. The average Bonchev–Trinajstić information content (AvgIpc) is 2.20. The maximum absolute atomic E-state index is 11.4. The second-order valence-electron chi connectivity index (χ2n) is 4.05. The van der Waals surface area contributed by atoms with Crippen LogP contribution in [0.25, 0.3) is 0 Å². The Bertz CT molecular complexity index is 495. The maximum Gasteiger partial charge on any atom is 0.230 e. The number of hydrogen-bond acceptors (Lipinski definition) is 3. The highest BCUT2D eigenvalue weighted by atomic mass is 16.2. The minimum atomic E-state index is -0.339. The quantitative estimate of drug-likeness (QED) is 0.868. The Morgan fingerprint density at radius 1 is 1.06 bits per heavy atom. The van der Waals surface area contributed by atoms with Gasteiger partial charge in [-0.05, 0) is 30.7 Å². The summed E-state index contributed by atoms with van der Waals surface area (Å²) >= 11 is 0. The van der Waals surface area contributed by atoms with Crippen LogP contribution in [-0.2, 0) is 14.4 Å². The van der Waals surface area contributed by atoms with Crippen molar-refractivity contribution in [2.45, 2.75) is 27.7 Å². The molecule has 0 aliphatic heterocycles. The summed E-state index contributed by atoms with van der Waals surface area (Å²) in [5.41, 5.74) is 1.95. The fraction of sp³-hybridized carbons (Fsp3) is 0.308. The first-order chi connectivity index (χ1) is 8.32. The molecule has 0 unspecified atom stereocenters. The molecule has 0 saturated heterocycles. The molecule has 18 heavy (non-hydrogen) atoms. The summed E-state index contributed by atoms with van der Waals surface area (Å²) in [4.78, 5) is 34.8. The van der Waals surface area contributed by atoms with Crippen molar-refractivity contribution in [1.82, 2.24) is 0 Å². The topological polar surface area (TPSA) is 66.5 Å². The van der Waals surface area contributed by atoms with Gasteiger partial charge in [0.2, 0.25) is 17.7 Å². The highest BCUT2D eigenvalue weighted by Crippen LogP contribution is 2.23. The van der Waals surface area contributed by atoms with E-state index < -0.39 is 0 Å². The van der Waals surface area contributed by atoms with Crippen molar-refractivity contribution < 1.29 is 14.4 Å². The second-order valence-corrected chi connectivity index (χ2v) is 4.05. The second kappa shape index (κ2) is 5.44. The van der Waals surface area contributed by atoms with Crippen LogP contribution in [0.1, 0.15) is 26.3 Å². The highest BCUT2D eigenvalue weighted by Gasteiger charge is 2.16. The van der Waals surface area contributed by atoms with Crippen LogP contribution >= 0.6 is 0 Å². The first-order valence-corrected chi connectivity index (χ1v) is 5.52. The number of rotatable bonds is 2. The van der Waals surface area contributed by atoms with Gasteiger partial charge in [0.15, 0.2) is 0 Å². The average molecular weight is 248 g/mol. The van der Waals surface area contributed by atoms with Crippen LogP contribution in [0.15, 0.2) is 18.2 Å². The molecular formula is C13H16N2O3. The molecule has 0 spiro atoms. The zero-order chi connectivity index (χ0) is 13.9. The zero-order valence-corrected chi connectivity index (χ0v) is 10.9. The Morgan fingerprint density at radius 3 is 2.00 bits per heavy atom. The van der Waals surface area contributed by atoms with E-state index in [1.54, 1.807) is 25.1 Å². The van der Waals surface area contributed by atoms with Gasteiger partial charge >= 0.3 is 0 Å². The largest absolute Gasteiger partial charge is 0.326 e. The smallest absolute Gasteiger partial charge is 0.230 e. The van der Waals surface area contributed by atoms with Gasteiger partial charge in [-0.2, -0.15) is 0 Å². The lowest BCUT2D eigenvalue weighted by Crippen LogP contribution is -2.33. The molecule has 0 aromatic heterocycles. The minimum Gasteiger partial charge on any atom is -0.326 e. The monoisotopic (exact) mass is 248 g/mol. The SMILES string of the molecule is CC(=O)Nc1ccc(N(C(C)=O)C(C)=O)cc1C. The number of nitrogens with zero attached hydrogens (tertiary/aromatic N) is 1. The van der Waals surface area contributed by atoms with Gasteiger partial charge in [0.25, 0.3) is 0 Å². The summed E-state index contributed by atoms with van der Waals surface area (Å²) in [7, 11) is 0. The molecule has 0 saturated carbocycles. The van der Waals surface area contributed by atoms with Gasteiger partial charge in [-0.3, -0.25) is 19.3 Å². The molecule has 0 radical (unpaired) electrons. The molecular weight excluding hydrogens is 232 g/mol. The number of nitrogens with one attached hydrogen (secondary N) is 1. The van der Waals surface area contributed by atoms with Gasteiger partial charge < -0.3 is 5.32 Å². The van der Waals surface area contributed by atoms with Crippen LogP contribution in [0, 0.1) is 6.92 Å². The van der Waals surface area contributed by atoms with Crippen molar-refractivity contribution in [1.29, 1.82) is 0 Å². The van der Waals surface area contributed by atoms with E-state index in [-0.39, 0.29) is 17.7 Å². The molecule has 0 bridgehead atoms. The van der Waals surface area contributed by atoms with Gasteiger partial charge in [0.1, 0.15) is 0 Å². The van der Waals surface area contributed by atoms with E-state index in [1.165, 1.54) is 20.8 Å². The fourth-order valence-corrected chi connectivity index (χ4v) is 1.70. The van der Waals surface area contributed by atoms with Gasteiger partial charge in [-0.1, -0.05) is 0 Å². The van der Waals surface area contributed by atoms with E-state index in [2.05, 4.69) is 5.32 Å². The molecule has 0 aliphatic carbocycles. The molecule has 1 aromatic carbocycles. The number of anilines is 2. The summed E-state index contributed by atoms with van der Waals surface area (Å²) in [6.07, 6.45) is 0. The third kappa shape index (κ3) is 3.16. The van der Waals surface area contributed by atoms with Crippen LogP contribution in [-0.4, -0.2) is 17.7 Å². The van der Waals surface area contributed by atoms with Crippen molar-refractivity contribution in [3.8, 4) is 0 Å². The number of aryl methyl sites for hydroxylation is 1. The first-order valence-electron chi connectivity index (χ1n) is 5.52. The zero-order valence-electron chi connectivity index (χ0n) is 10.9. The standard InChI is InChI=1S/C13H16N2O3/c1-8-7-12(15(10(3)17)11(4)18)5-6-13(8)14-9(2)16/h5-7H,1-4H3,(H,14,16). The molecule has 1 N–H and O–H groups in total. The van der Waals surface area contributed by atoms with Crippen molar-refractivity contribution in [3.63, 3.8) is 0 Å². The van der Waals surface area contributed by atoms with Crippen molar-refractivity contribution in [2.75, 3.05) is 10.2 Å². The predicted molar refractivity (Wildman–Crippen MR) is 69.3 cm³/mol. The number of amides is 3. The van der Waals surface area contributed by atoms with E-state index in [0.29, 0.717) is 11.4 Å². The van der Waals surface area contributed by atoms with Crippen LogP contribution in [0.4, 0.5) is 11.4 Å². The molecule has 0 aliphatic rings. The van der Waals surface area contributed by atoms with Crippen LogP contribution < -0.4 is 10.2 Å². The lowest BCUT2D eigenvalue weighted by atomic mass is 10.1. The fourth-order valence-electron chi connectivity index (χ4n) is 1.70. The van der Waals surface area contributed by atoms with Crippen LogP contribution in [0.3, 0.4) is 0 Å². The predicted octanol–water partition coefficient (Wildman–Crippen LogP) is 1.85. The molecule has 96 valence electrons. The summed E-state index contributed by atoms with van der Waals surface area (Å²) in [5, 5.41) is 2.67. The number of benzene rings is 1. The summed E-state index contributed by atoms with van der Waals surface area (Å²) < 4.78 is 0. The number of imide groups is 1. The van der Waals surface area contributed by atoms with Crippen molar-refractivity contribution in [3.05, 3.63) is 23.8 Å². The van der Waals surface area contributed by atoms with Gasteiger partial charge in [0, 0.05) is 26.5 Å². The molecule has 0 heterocycles. The highest BCUT2D eigenvalue weighted by molar-refractivity contribution is 6.13. The van der Waals surface area contributed by atoms with Gasteiger partial charge in [-0.15, -0.1) is 0 Å². The normalized spacial score (nSPS) is 9.78. The Hall–Kier alpha value is -2.17. The van der Waals surface area contributed by atoms with Crippen LogP contribution in [0.2, 0.25) is 0 Å². The summed E-state index contributed by atoms with van der Waals surface area (Å²) in [6, 6.07) is 4.99. The van der Waals surface area contributed by atoms with E-state index in [4.69, 9.17) is 0 Å². The summed E-state index contributed by atoms with van der Waals surface area (Å²) in [6.45, 7) is 5.88. The van der Waals surface area contributed by atoms with E-state index in [9.17, 15) is 14.4 Å². The molecule has 0 atom stereocenters. The Balaban J connectivity index is 3.13. The van der Waals surface area contributed by atoms with Crippen LogP contribution in [0.5, 0.6) is 0 Å². The third-order valence-corrected chi connectivity index (χ3v) is 2.41. The van der Waals surface area contributed by atoms with Gasteiger partial charge in [-0.25, -0.2) is 0 Å². The minimum absolute atomic E-state index is 0.166. The lowest BCUT2D eigenvalue weighted by molar-refractivity contribution is -0.124. The van der Waals surface area contributed by atoms with Crippen molar-refractivity contribution >= 4 is 29.1 Å². The Kier molecular flexibility index (Phi) is 4.20. The van der Waals surface area contributed by atoms with E-state index in [0.717, 1.165) is 10.5 Å². The molecule has 5 nitrogen and oxygen atoms in total. The lowest BCUT2D eigenvalue weighted by Gasteiger charge is -2.18. The number of carbonyl (C=O) groups excluding carboxylic acids is 3. The summed E-state index contributed by atoms with van der Waals surface area (Å²) in [5.74, 6) is -0.843. The molecule has 1 aromatic rings. The third-order valence-electron chi connectivity index (χ3n) is 2.41. The Labute approximate surface area is 106 Å². The van der Waals surface area contributed by atoms with Crippen molar-refractivity contribution in [2.24, 2.45) is 0 Å². The van der Waals surface area contributed by atoms with Gasteiger partial charge in [0.05, 0.1) is 5.69 Å². The Morgan fingerprint density at radius 2 is 1.61 bits per heavy atom. The maximum atomic E-state index is 11.4. The van der Waals surface area contributed by atoms with E-state index >= 15 is 0 Å². The molecule has 5 heteroatoms.